The van der Waals surface area contributed by atoms with Crippen molar-refractivity contribution in [3.63, 3.8) is 0 Å². The summed E-state index contributed by atoms with van der Waals surface area (Å²) in [5, 5.41) is 0.713. The number of aromatic nitrogens is 1. The summed E-state index contributed by atoms with van der Waals surface area (Å²) in [7, 11) is 1.70. The Kier molecular flexibility index (Phi) is 5.17. The van der Waals surface area contributed by atoms with Crippen molar-refractivity contribution >= 4 is 35.1 Å². The fraction of sp³-hybridized carbons (Fsp3) is 0.571. The van der Waals surface area contributed by atoms with E-state index in [2.05, 4.69) is 0 Å². The third-order valence-electron chi connectivity index (χ3n) is 3.74. The zero-order chi connectivity index (χ0) is 15.6. The lowest BCUT2D eigenvalue weighted by Gasteiger charge is -2.30. The van der Waals surface area contributed by atoms with Crippen molar-refractivity contribution in [1.29, 1.82) is 0 Å². The first kappa shape index (κ1) is 16.2. The number of carbonyl (C=O) groups excluding carboxylic acids is 2. The van der Waals surface area contributed by atoms with E-state index in [1.54, 1.807) is 29.5 Å². The van der Waals surface area contributed by atoms with E-state index in [0.29, 0.717) is 48.4 Å². The molecule has 1 aliphatic heterocycles. The maximum absolute atomic E-state index is 12.5. The molecular weight excluding hydrogens is 315 g/mol. The molecule has 1 aliphatic rings. The second-order valence-corrected chi connectivity index (χ2v) is 5.81. The molecule has 1 amide bonds. The Bertz CT molecular complexity index is 549. The van der Waals surface area contributed by atoms with Crippen molar-refractivity contribution in [2.45, 2.75) is 19.8 Å². The normalized spacial score (nSPS) is 16.1. The third kappa shape index (κ3) is 3.35. The molecular formula is C14H18Cl2N2O3. The third-order valence-corrected chi connectivity index (χ3v) is 4.58. The van der Waals surface area contributed by atoms with Gasteiger partial charge < -0.3 is 14.2 Å². The van der Waals surface area contributed by atoms with E-state index in [4.69, 9.17) is 27.9 Å². The van der Waals surface area contributed by atoms with E-state index in [-0.39, 0.29) is 17.8 Å². The number of ether oxygens (including phenoxy) is 1. The van der Waals surface area contributed by atoms with E-state index in [0.717, 1.165) is 0 Å². The minimum atomic E-state index is -0.172. The van der Waals surface area contributed by atoms with Crippen molar-refractivity contribution in [3.8, 4) is 0 Å². The Morgan fingerprint density at radius 2 is 1.95 bits per heavy atom. The van der Waals surface area contributed by atoms with Gasteiger partial charge in [-0.2, -0.15) is 0 Å². The topological polar surface area (TPSA) is 51.5 Å². The minimum Gasteiger partial charge on any atom is -0.466 e. The Balaban J connectivity index is 2.00. The number of rotatable bonds is 3. The number of likely N-dealkylation sites (tertiary alicyclic amines) is 1. The van der Waals surface area contributed by atoms with E-state index in [1.165, 1.54) is 0 Å². The Morgan fingerprint density at radius 3 is 2.43 bits per heavy atom. The zero-order valence-electron chi connectivity index (χ0n) is 12.1. The average Bonchev–Trinajstić information content (AvgIpc) is 2.74. The van der Waals surface area contributed by atoms with Gasteiger partial charge in [0.15, 0.2) is 0 Å². The van der Waals surface area contributed by atoms with Crippen LogP contribution in [-0.2, 0) is 16.6 Å². The van der Waals surface area contributed by atoms with Gasteiger partial charge in [0, 0.05) is 20.1 Å². The van der Waals surface area contributed by atoms with E-state index < -0.39 is 0 Å². The fourth-order valence-corrected chi connectivity index (χ4v) is 2.86. The molecule has 0 radical (unpaired) electrons. The van der Waals surface area contributed by atoms with Crippen molar-refractivity contribution in [3.05, 3.63) is 21.9 Å². The molecule has 5 nitrogen and oxygen atoms in total. The fourth-order valence-electron chi connectivity index (χ4n) is 2.49. The number of carbonyl (C=O) groups is 2. The van der Waals surface area contributed by atoms with Crippen LogP contribution in [0.5, 0.6) is 0 Å². The van der Waals surface area contributed by atoms with Crippen LogP contribution in [-0.4, -0.2) is 41.0 Å². The van der Waals surface area contributed by atoms with Gasteiger partial charge in [-0.3, -0.25) is 9.59 Å². The standard InChI is InChI=1S/C14H18Cl2N2O3/c1-3-21-14(20)9-4-6-18(7-5-9)13(19)11-8-10(15)12(16)17(11)2/h8-9H,3-7H2,1-2H3. The molecule has 1 aromatic heterocycles. The molecule has 0 aliphatic carbocycles. The first-order chi connectivity index (χ1) is 9.95. The van der Waals surface area contributed by atoms with Crippen LogP contribution < -0.4 is 0 Å². The van der Waals surface area contributed by atoms with Gasteiger partial charge in [0.1, 0.15) is 10.8 Å². The highest BCUT2D eigenvalue weighted by atomic mass is 35.5. The molecule has 21 heavy (non-hydrogen) atoms. The summed E-state index contributed by atoms with van der Waals surface area (Å²) in [6.07, 6.45) is 1.24. The first-order valence-corrected chi connectivity index (χ1v) is 7.68. The van der Waals surface area contributed by atoms with Gasteiger partial charge in [-0.05, 0) is 25.8 Å². The van der Waals surface area contributed by atoms with Crippen LogP contribution in [0.4, 0.5) is 0 Å². The molecule has 0 saturated carbocycles. The van der Waals surface area contributed by atoms with Gasteiger partial charge in [-0.1, -0.05) is 23.2 Å². The number of amides is 1. The predicted octanol–water partition coefficient (Wildman–Crippen LogP) is 2.75. The van der Waals surface area contributed by atoms with E-state index >= 15 is 0 Å². The summed E-state index contributed by atoms with van der Waals surface area (Å²) >= 11 is 11.9. The molecule has 0 spiro atoms. The highest BCUT2D eigenvalue weighted by molar-refractivity contribution is 6.41. The largest absolute Gasteiger partial charge is 0.466 e. The highest BCUT2D eigenvalue weighted by Crippen LogP contribution is 2.27. The Hall–Kier alpha value is -1.20. The zero-order valence-corrected chi connectivity index (χ0v) is 13.6. The molecule has 0 N–H and O–H groups in total. The number of halogens is 2. The number of nitrogens with zero attached hydrogens (tertiary/aromatic N) is 2. The molecule has 0 unspecified atom stereocenters. The van der Waals surface area contributed by atoms with Gasteiger partial charge in [0.2, 0.25) is 0 Å². The van der Waals surface area contributed by atoms with Crippen molar-refractivity contribution in [2.75, 3.05) is 19.7 Å². The molecule has 0 bridgehead atoms. The van der Waals surface area contributed by atoms with Crippen LogP contribution in [0.2, 0.25) is 10.2 Å². The molecule has 0 atom stereocenters. The molecule has 2 rings (SSSR count). The SMILES string of the molecule is CCOC(=O)C1CCN(C(=O)c2cc(Cl)c(Cl)n2C)CC1. The Morgan fingerprint density at radius 1 is 1.33 bits per heavy atom. The van der Waals surface area contributed by atoms with Crippen LogP contribution >= 0.6 is 23.2 Å². The van der Waals surface area contributed by atoms with Crippen LogP contribution in [0.1, 0.15) is 30.3 Å². The monoisotopic (exact) mass is 332 g/mol. The van der Waals surface area contributed by atoms with Crippen molar-refractivity contribution in [1.82, 2.24) is 9.47 Å². The van der Waals surface area contributed by atoms with Gasteiger partial charge in [-0.15, -0.1) is 0 Å². The predicted molar refractivity (Wildman–Crippen MR) is 80.7 cm³/mol. The average molecular weight is 333 g/mol. The first-order valence-electron chi connectivity index (χ1n) is 6.92. The molecule has 116 valence electrons. The van der Waals surface area contributed by atoms with Crippen LogP contribution in [0, 0.1) is 5.92 Å². The van der Waals surface area contributed by atoms with Gasteiger partial charge in [-0.25, -0.2) is 0 Å². The molecule has 7 heteroatoms. The minimum absolute atomic E-state index is 0.116. The summed E-state index contributed by atoms with van der Waals surface area (Å²) in [6.45, 7) is 3.24. The smallest absolute Gasteiger partial charge is 0.309 e. The molecule has 1 fully saturated rings. The number of hydrogen-bond acceptors (Lipinski definition) is 3. The van der Waals surface area contributed by atoms with Crippen molar-refractivity contribution < 1.29 is 14.3 Å². The van der Waals surface area contributed by atoms with E-state index in [9.17, 15) is 9.59 Å². The maximum atomic E-state index is 12.5. The molecule has 0 aromatic carbocycles. The lowest BCUT2D eigenvalue weighted by Crippen LogP contribution is -2.41. The Labute approximate surface area is 133 Å². The summed E-state index contributed by atoms with van der Waals surface area (Å²) in [6, 6.07) is 1.57. The van der Waals surface area contributed by atoms with Crippen LogP contribution in [0.25, 0.3) is 0 Å². The number of piperidine rings is 1. The van der Waals surface area contributed by atoms with E-state index in [1.807, 2.05) is 0 Å². The molecule has 1 aromatic rings. The number of esters is 1. The molecule has 1 saturated heterocycles. The maximum Gasteiger partial charge on any atom is 0.309 e. The summed E-state index contributed by atoms with van der Waals surface area (Å²) in [5.41, 5.74) is 0.458. The van der Waals surface area contributed by atoms with Gasteiger partial charge in [0.25, 0.3) is 5.91 Å². The lowest BCUT2D eigenvalue weighted by molar-refractivity contribution is -0.149. The van der Waals surface area contributed by atoms with Crippen LogP contribution in [0.15, 0.2) is 6.07 Å². The summed E-state index contributed by atoms with van der Waals surface area (Å²) < 4.78 is 6.59. The van der Waals surface area contributed by atoms with Crippen molar-refractivity contribution in [2.24, 2.45) is 13.0 Å². The second kappa shape index (κ2) is 6.71. The van der Waals surface area contributed by atoms with Crippen LogP contribution in [0.3, 0.4) is 0 Å². The van der Waals surface area contributed by atoms with Gasteiger partial charge >= 0.3 is 5.97 Å². The lowest BCUT2D eigenvalue weighted by atomic mass is 9.97. The quantitative estimate of drug-likeness (QED) is 0.799. The second-order valence-electron chi connectivity index (χ2n) is 5.05. The summed E-state index contributed by atoms with van der Waals surface area (Å²) in [4.78, 5) is 25.9. The highest BCUT2D eigenvalue weighted by Gasteiger charge is 2.30. The molecule has 2 heterocycles. The summed E-state index contributed by atoms with van der Waals surface area (Å²) in [5.74, 6) is -0.405. The van der Waals surface area contributed by atoms with Gasteiger partial charge in [0.05, 0.1) is 17.5 Å². The number of hydrogen-bond donors (Lipinski definition) is 0.